The number of rotatable bonds is 7. The Balaban J connectivity index is 0.000000331. The van der Waals surface area contributed by atoms with E-state index in [0.29, 0.717) is 0 Å². The summed E-state index contributed by atoms with van der Waals surface area (Å²) in [5.74, 6) is 0. The normalized spacial score (nSPS) is 11.4. The Morgan fingerprint density at radius 1 is 0.455 bits per heavy atom. The molecule has 0 aliphatic rings. The van der Waals surface area contributed by atoms with Crippen LogP contribution >= 0.6 is 15.3 Å². The van der Waals surface area contributed by atoms with E-state index in [9.17, 15) is 0 Å². The van der Waals surface area contributed by atoms with Crippen molar-refractivity contribution in [2.24, 2.45) is 0 Å². The molecule has 4 aromatic carbocycles. The van der Waals surface area contributed by atoms with Crippen LogP contribution in [0, 0.1) is 0 Å². The van der Waals surface area contributed by atoms with E-state index >= 15 is 0 Å². The minimum absolute atomic E-state index is 0.859. The average Bonchev–Trinajstić information content (AvgIpc) is 2.92. The quantitative estimate of drug-likeness (QED) is 0.197. The molecule has 0 aromatic heterocycles. The molecule has 0 fully saturated rings. The minimum atomic E-state index is -1.22. The van der Waals surface area contributed by atoms with Crippen LogP contribution in [0.3, 0.4) is 0 Å². The molecule has 0 heterocycles. The Labute approximate surface area is 209 Å². The molecule has 0 atom stereocenters. The number of hydrogen-bond acceptors (Lipinski definition) is 0. The van der Waals surface area contributed by atoms with E-state index in [1.807, 2.05) is 0 Å². The van der Waals surface area contributed by atoms with Gasteiger partial charge in [-0.15, -0.1) is 15.3 Å². The van der Waals surface area contributed by atoms with E-state index in [4.69, 9.17) is 0 Å². The molecule has 4 rings (SSSR count). The van der Waals surface area contributed by atoms with Crippen LogP contribution in [-0.2, 0) is 0 Å². The summed E-state index contributed by atoms with van der Waals surface area (Å²) in [6, 6.07) is 47.7. The summed E-state index contributed by atoms with van der Waals surface area (Å²) in [5.41, 5.74) is 5.36. The summed E-state index contributed by atoms with van der Waals surface area (Å²) in [5, 5.41) is 0. The highest BCUT2D eigenvalue weighted by Crippen LogP contribution is 2.26. The molecule has 0 spiro atoms. The molecule has 0 N–H and O–H groups in total. The number of halogens is 1. The van der Waals surface area contributed by atoms with Crippen molar-refractivity contribution in [2.75, 3.05) is 0 Å². The van der Waals surface area contributed by atoms with E-state index < -0.39 is 12.8 Å². The summed E-state index contributed by atoms with van der Waals surface area (Å²) in [6.45, 7) is 6.00. The molecule has 3 heteroatoms. The first kappa shape index (κ1) is 25.3. The molecule has 0 radical (unpaired) electrons. The summed E-state index contributed by atoms with van der Waals surface area (Å²) in [4.78, 5) is 0. The van der Waals surface area contributed by atoms with Crippen LogP contribution in [0.15, 0.2) is 121 Å². The van der Waals surface area contributed by atoms with Crippen LogP contribution in [0.4, 0.5) is 0 Å². The lowest BCUT2D eigenvalue weighted by Gasteiger charge is -2.44. The number of hydrogen-bond donors (Lipinski definition) is 0. The topological polar surface area (TPSA) is 0 Å². The van der Waals surface area contributed by atoms with Crippen LogP contribution in [0.2, 0.25) is 18.1 Å². The molecule has 0 saturated carbocycles. The Morgan fingerprint density at radius 3 is 0.818 bits per heavy atom. The highest BCUT2D eigenvalue weighted by Gasteiger charge is 2.31. The summed E-state index contributed by atoms with van der Waals surface area (Å²) in [7, 11) is 0. The van der Waals surface area contributed by atoms with Gasteiger partial charge in [0, 0.05) is 0 Å². The fraction of sp³-hybridized carbons (Fsp3) is 0.200. The van der Waals surface area contributed by atoms with Crippen LogP contribution < -0.4 is 21.9 Å². The maximum Gasteiger partial charge on any atom is 0.129 e. The van der Waals surface area contributed by atoms with Crippen molar-refractivity contribution < 1.29 is 0 Å². The SMILES string of the molecule is CC[Si](Br)(CC)CC.c1ccc([B-](c2ccccc2)(c2ccccc2)c2ccccc2)cc1. The zero-order valence-corrected chi connectivity index (χ0v) is 22.7. The van der Waals surface area contributed by atoms with Crippen molar-refractivity contribution in [1.29, 1.82) is 0 Å². The molecule has 0 aliphatic heterocycles. The van der Waals surface area contributed by atoms with Crippen molar-refractivity contribution in [1.82, 2.24) is 0 Å². The van der Waals surface area contributed by atoms with E-state index in [0.717, 1.165) is 0 Å². The molecule has 0 aliphatic carbocycles. The summed E-state index contributed by atoms with van der Waals surface area (Å²) in [6.07, 6.45) is -1.22. The van der Waals surface area contributed by atoms with Gasteiger partial charge in [-0.1, -0.05) is 160 Å². The second-order valence-corrected chi connectivity index (χ2v) is 18.2. The Kier molecular flexibility index (Phi) is 9.34. The highest BCUT2D eigenvalue weighted by atomic mass is 79.9. The van der Waals surface area contributed by atoms with Crippen LogP contribution in [0.25, 0.3) is 0 Å². The molecular weight excluding hydrogens is 479 g/mol. The van der Waals surface area contributed by atoms with Crippen molar-refractivity contribution in [3.8, 4) is 0 Å². The maximum absolute atomic E-state index is 3.82. The van der Waals surface area contributed by atoms with Gasteiger partial charge in [-0.05, 0) is 0 Å². The van der Waals surface area contributed by atoms with Crippen LogP contribution in [0.1, 0.15) is 20.8 Å². The lowest BCUT2D eigenvalue weighted by molar-refractivity contribution is 1.23. The van der Waals surface area contributed by atoms with E-state index in [2.05, 4.69) is 157 Å². The largest absolute Gasteiger partial charge is 0.195 e. The molecule has 0 unspecified atom stereocenters. The zero-order chi connectivity index (χ0) is 23.6. The predicted octanol–water partition coefficient (Wildman–Crippen LogP) is 6.45. The van der Waals surface area contributed by atoms with Crippen molar-refractivity contribution in [3.05, 3.63) is 121 Å². The first-order chi connectivity index (χ1) is 16.1. The van der Waals surface area contributed by atoms with Gasteiger partial charge >= 0.3 is 0 Å². The second kappa shape index (κ2) is 12.2. The molecule has 33 heavy (non-hydrogen) atoms. The van der Waals surface area contributed by atoms with Crippen LogP contribution in [0.5, 0.6) is 0 Å². The Hall–Kier alpha value is -2.36. The van der Waals surface area contributed by atoms with Crippen LogP contribution in [-0.4, -0.2) is 12.8 Å². The Morgan fingerprint density at radius 2 is 0.667 bits per heavy atom. The smallest absolute Gasteiger partial charge is 0.129 e. The van der Waals surface area contributed by atoms with Gasteiger partial charge in [0.1, 0.15) is 12.8 Å². The van der Waals surface area contributed by atoms with Gasteiger partial charge in [0.05, 0.1) is 0 Å². The zero-order valence-electron chi connectivity index (χ0n) is 20.1. The van der Waals surface area contributed by atoms with Crippen molar-refractivity contribution >= 4 is 50.0 Å². The van der Waals surface area contributed by atoms with Gasteiger partial charge < -0.3 is 0 Å². The van der Waals surface area contributed by atoms with Gasteiger partial charge in [-0.2, -0.15) is 21.9 Å². The van der Waals surface area contributed by atoms with E-state index in [1.54, 1.807) is 0 Å². The van der Waals surface area contributed by atoms with Gasteiger partial charge in [0.15, 0.2) is 0 Å². The first-order valence-electron chi connectivity index (χ1n) is 12.2. The van der Waals surface area contributed by atoms with Gasteiger partial charge in [-0.3, -0.25) is 0 Å². The van der Waals surface area contributed by atoms with Gasteiger partial charge in [0.2, 0.25) is 0 Å². The molecular formula is C30H35BBrSi-. The maximum atomic E-state index is 3.82. The minimum Gasteiger partial charge on any atom is -0.195 e. The summed E-state index contributed by atoms with van der Waals surface area (Å²) < 4.78 is 0. The third-order valence-electron chi connectivity index (χ3n) is 7.10. The third-order valence-corrected chi connectivity index (χ3v) is 15.9. The average molecular weight is 514 g/mol. The van der Waals surface area contributed by atoms with Gasteiger partial charge in [0.25, 0.3) is 0 Å². The van der Waals surface area contributed by atoms with Gasteiger partial charge in [-0.25, -0.2) is 0 Å². The number of benzene rings is 4. The Bertz CT molecular complexity index is 894. The predicted molar refractivity (Wildman–Crippen MR) is 156 cm³/mol. The highest BCUT2D eigenvalue weighted by molar-refractivity contribution is 9.26. The first-order valence-corrected chi connectivity index (χ1v) is 17.0. The third kappa shape index (κ3) is 5.77. The molecule has 0 bridgehead atoms. The second-order valence-electron chi connectivity index (χ2n) is 8.72. The fourth-order valence-corrected chi connectivity index (χ4v) is 6.37. The van der Waals surface area contributed by atoms with Crippen molar-refractivity contribution in [3.63, 3.8) is 0 Å². The molecule has 0 saturated heterocycles. The molecule has 0 amide bonds. The fourth-order valence-electron chi connectivity index (χ4n) is 4.87. The van der Waals surface area contributed by atoms with Crippen molar-refractivity contribution in [2.45, 2.75) is 38.9 Å². The molecule has 170 valence electrons. The molecule has 0 nitrogen and oxygen atoms in total. The standard InChI is InChI=1S/C24H20B.C6H15BrSi/c1-5-13-21(14-6-1)25(22-15-7-2-8-16-22,23-17-9-3-10-18-23)24-19-11-4-12-20-24;1-4-8(7,5-2)6-3/h1-20H;4-6H2,1-3H3/q-1;. The monoisotopic (exact) mass is 513 g/mol. The van der Waals surface area contributed by atoms with E-state index in [-0.39, 0.29) is 0 Å². The lowest BCUT2D eigenvalue weighted by Crippen LogP contribution is -2.74. The lowest BCUT2D eigenvalue weighted by atomic mass is 9.13. The summed E-state index contributed by atoms with van der Waals surface area (Å²) >= 11 is 3.82. The van der Waals surface area contributed by atoms with E-state index in [1.165, 1.54) is 40.0 Å². The molecule has 4 aromatic rings.